The molecule has 6 nitrogen and oxygen atoms in total. The average Bonchev–Trinajstić information content (AvgIpc) is 2.70. The normalized spacial score (nSPS) is 12.4. The fraction of sp³-hybridized carbons (Fsp3) is 0.333. The molecule has 1 atom stereocenters. The van der Waals surface area contributed by atoms with Gasteiger partial charge in [0, 0.05) is 0 Å². The standard InChI is InChI=1S/C21H27N3O3/c1-3-4-6-11-19(17-9-7-5-8-10-17)20(25)27-24(21(22)23-26)18-14-12-16(2)13-15-18/h5,7-10,12-15,19,26H,3-4,6,11H2,1-2H3,(H2,22,23). The van der Waals surface area contributed by atoms with Gasteiger partial charge in [-0.05, 0) is 36.2 Å². The van der Waals surface area contributed by atoms with E-state index < -0.39 is 11.9 Å². The van der Waals surface area contributed by atoms with Crippen LogP contribution in [0.25, 0.3) is 0 Å². The molecule has 0 aliphatic heterocycles. The number of benzene rings is 2. The lowest BCUT2D eigenvalue weighted by Gasteiger charge is -2.24. The van der Waals surface area contributed by atoms with Crippen molar-refractivity contribution in [2.75, 3.05) is 5.06 Å². The number of aryl methyl sites for hydroxylation is 1. The van der Waals surface area contributed by atoms with Crippen LogP contribution in [-0.2, 0) is 9.63 Å². The Morgan fingerprint density at radius 1 is 1.15 bits per heavy atom. The number of hydrogen-bond donors (Lipinski definition) is 2. The molecule has 0 fully saturated rings. The van der Waals surface area contributed by atoms with Crippen LogP contribution in [0.2, 0.25) is 0 Å². The van der Waals surface area contributed by atoms with Gasteiger partial charge in [-0.25, -0.2) is 4.79 Å². The lowest BCUT2D eigenvalue weighted by Crippen LogP contribution is -2.40. The van der Waals surface area contributed by atoms with E-state index in [2.05, 4.69) is 12.1 Å². The fourth-order valence-electron chi connectivity index (χ4n) is 2.81. The second-order valence-corrected chi connectivity index (χ2v) is 6.46. The van der Waals surface area contributed by atoms with Crippen LogP contribution in [0.4, 0.5) is 5.69 Å². The monoisotopic (exact) mass is 369 g/mol. The topological polar surface area (TPSA) is 88.2 Å². The predicted molar refractivity (Wildman–Crippen MR) is 106 cm³/mol. The van der Waals surface area contributed by atoms with E-state index >= 15 is 0 Å². The number of guanidine groups is 1. The van der Waals surface area contributed by atoms with Gasteiger partial charge in [-0.1, -0.05) is 74.2 Å². The van der Waals surface area contributed by atoms with Crippen LogP contribution in [-0.4, -0.2) is 17.1 Å². The molecule has 0 spiro atoms. The minimum Gasteiger partial charge on any atom is -0.408 e. The lowest BCUT2D eigenvalue weighted by molar-refractivity contribution is -0.145. The van der Waals surface area contributed by atoms with Gasteiger partial charge in [0.05, 0.1) is 11.6 Å². The molecule has 0 aliphatic rings. The van der Waals surface area contributed by atoms with E-state index in [0.29, 0.717) is 12.1 Å². The summed E-state index contributed by atoms with van der Waals surface area (Å²) >= 11 is 0. The van der Waals surface area contributed by atoms with Crippen LogP contribution < -0.4 is 10.8 Å². The quantitative estimate of drug-likeness (QED) is 0.249. The highest BCUT2D eigenvalue weighted by atomic mass is 16.7. The number of carbonyl (C=O) groups is 1. The molecule has 1 unspecified atom stereocenters. The van der Waals surface area contributed by atoms with Crippen LogP contribution in [0.5, 0.6) is 0 Å². The first kappa shape index (κ1) is 20.3. The van der Waals surface area contributed by atoms with Crippen molar-refractivity contribution in [3.63, 3.8) is 0 Å². The third-order valence-corrected chi connectivity index (χ3v) is 4.34. The molecule has 0 heterocycles. The van der Waals surface area contributed by atoms with Gasteiger partial charge in [0.1, 0.15) is 0 Å². The molecule has 0 radical (unpaired) electrons. The zero-order valence-electron chi connectivity index (χ0n) is 15.8. The van der Waals surface area contributed by atoms with Crippen molar-refractivity contribution in [2.24, 2.45) is 10.9 Å². The van der Waals surface area contributed by atoms with Gasteiger partial charge in [-0.2, -0.15) is 0 Å². The van der Waals surface area contributed by atoms with Crippen molar-refractivity contribution >= 4 is 17.6 Å². The predicted octanol–water partition coefficient (Wildman–Crippen LogP) is 4.33. The minimum atomic E-state index is -0.440. The Kier molecular flexibility index (Phi) is 7.67. The number of nitrogens with two attached hydrogens (primary N) is 1. The largest absolute Gasteiger partial charge is 0.408 e. The first-order chi connectivity index (χ1) is 13.1. The SMILES string of the molecule is CCCCCC(C(=O)ON(/C(N)=N/O)c1ccc(C)cc1)c1ccccc1. The Labute approximate surface area is 160 Å². The number of carbonyl (C=O) groups excluding carboxylic acids is 1. The molecule has 3 N–H and O–H groups in total. The molecule has 0 amide bonds. The maximum atomic E-state index is 13.0. The van der Waals surface area contributed by atoms with Gasteiger partial charge in [-0.3, -0.25) is 0 Å². The summed E-state index contributed by atoms with van der Waals surface area (Å²) in [6.45, 7) is 4.07. The highest BCUT2D eigenvalue weighted by molar-refractivity contribution is 5.95. The van der Waals surface area contributed by atoms with Gasteiger partial charge in [0.2, 0.25) is 0 Å². The average molecular weight is 369 g/mol. The van der Waals surface area contributed by atoms with E-state index in [1.165, 1.54) is 0 Å². The molecule has 6 heteroatoms. The zero-order chi connectivity index (χ0) is 19.6. The van der Waals surface area contributed by atoms with Crippen molar-refractivity contribution in [3.8, 4) is 0 Å². The first-order valence-electron chi connectivity index (χ1n) is 9.18. The lowest BCUT2D eigenvalue weighted by atomic mass is 9.93. The number of nitrogens with zero attached hydrogens (tertiary/aromatic N) is 2. The summed E-state index contributed by atoms with van der Waals surface area (Å²) < 4.78 is 0. The van der Waals surface area contributed by atoms with Crippen LogP contribution in [0.3, 0.4) is 0 Å². The van der Waals surface area contributed by atoms with Crippen molar-refractivity contribution in [2.45, 2.75) is 45.4 Å². The number of oxime groups is 1. The maximum Gasteiger partial charge on any atom is 0.340 e. The molecule has 2 aromatic carbocycles. The van der Waals surface area contributed by atoms with Gasteiger partial charge in [0.25, 0.3) is 5.96 Å². The summed E-state index contributed by atoms with van der Waals surface area (Å²) in [5, 5.41) is 13.1. The highest BCUT2D eigenvalue weighted by Gasteiger charge is 2.26. The Bertz CT molecular complexity index is 745. The molecule has 0 aromatic heterocycles. The third kappa shape index (κ3) is 5.74. The molecular weight excluding hydrogens is 342 g/mol. The molecule has 27 heavy (non-hydrogen) atoms. The minimum absolute atomic E-state index is 0.312. The van der Waals surface area contributed by atoms with E-state index in [1.807, 2.05) is 49.4 Å². The molecule has 2 rings (SSSR count). The van der Waals surface area contributed by atoms with Gasteiger partial charge in [-0.15, -0.1) is 5.06 Å². The van der Waals surface area contributed by atoms with Crippen molar-refractivity contribution in [1.82, 2.24) is 0 Å². The van der Waals surface area contributed by atoms with E-state index in [0.717, 1.165) is 35.5 Å². The van der Waals surface area contributed by atoms with Crippen molar-refractivity contribution < 1.29 is 14.8 Å². The number of hydroxylamine groups is 1. The Balaban J connectivity index is 2.24. The molecular formula is C21H27N3O3. The van der Waals surface area contributed by atoms with Gasteiger partial charge < -0.3 is 15.8 Å². The van der Waals surface area contributed by atoms with Crippen molar-refractivity contribution in [1.29, 1.82) is 0 Å². The van der Waals surface area contributed by atoms with E-state index in [1.54, 1.807) is 12.1 Å². The summed E-state index contributed by atoms with van der Waals surface area (Å²) in [5.41, 5.74) is 8.19. The van der Waals surface area contributed by atoms with Gasteiger partial charge >= 0.3 is 5.97 Å². The van der Waals surface area contributed by atoms with Crippen LogP contribution in [0.1, 0.15) is 49.7 Å². The Hall–Kier alpha value is -3.02. The molecule has 0 saturated heterocycles. The molecule has 0 saturated carbocycles. The summed E-state index contributed by atoms with van der Waals surface area (Å²) in [6, 6.07) is 16.7. The van der Waals surface area contributed by atoms with E-state index in [9.17, 15) is 4.79 Å². The fourth-order valence-corrected chi connectivity index (χ4v) is 2.81. The van der Waals surface area contributed by atoms with Crippen LogP contribution >= 0.6 is 0 Å². The van der Waals surface area contributed by atoms with E-state index in [4.69, 9.17) is 15.8 Å². The number of hydrogen-bond acceptors (Lipinski definition) is 4. The van der Waals surface area contributed by atoms with E-state index in [-0.39, 0.29) is 5.96 Å². The Morgan fingerprint density at radius 2 is 1.81 bits per heavy atom. The Morgan fingerprint density at radius 3 is 2.41 bits per heavy atom. The van der Waals surface area contributed by atoms with Crippen LogP contribution in [0.15, 0.2) is 59.8 Å². The summed E-state index contributed by atoms with van der Waals surface area (Å²) in [7, 11) is 0. The van der Waals surface area contributed by atoms with Gasteiger partial charge in [0.15, 0.2) is 0 Å². The smallest absolute Gasteiger partial charge is 0.340 e. The molecule has 0 aliphatic carbocycles. The summed E-state index contributed by atoms with van der Waals surface area (Å²) in [5.74, 6) is -1.17. The number of rotatable bonds is 7. The maximum absolute atomic E-state index is 13.0. The number of unbranched alkanes of at least 4 members (excludes halogenated alkanes) is 2. The molecule has 2 aromatic rings. The summed E-state index contributed by atoms with van der Waals surface area (Å²) in [4.78, 5) is 18.5. The highest BCUT2D eigenvalue weighted by Crippen LogP contribution is 2.26. The first-order valence-corrected chi connectivity index (χ1v) is 9.18. The second kappa shape index (κ2) is 10.2. The molecule has 0 bridgehead atoms. The third-order valence-electron chi connectivity index (χ3n) is 4.34. The second-order valence-electron chi connectivity index (χ2n) is 6.46. The van der Waals surface area contributed by atoms with Crippen LogP contribution in [0, 0.1) is 6.92 Å². The summed E-state index contributed by atoms with van der Waals surface area (Å²) in [6.07, 6.45) is 3.70. The van der Waals surface area contributed by atoms with Crippen molar-refractivity contribution in [3.05, 3.63) is 65.7 Å². The molecule has 144 valence electrons. The zero-order valence-corrected chi connectivity index (χ0v) is 15.8. The number of anilines is 1.